The van der Waals surface area contributed by atoms with Crippen LogP contribution in [0, 0.1) is 11.3 Å². The largest absolute Gasteiger partial charge is 0.368 e. The van der Waals surface area contributed by atoms with Gasteiger partial charge in [0.1, 0.15) is 6.07 Å². The van der Waals surface area contributed by atoms with Crippen LogP contribution in [0.3, 0.4) is 0 Å². The van der Waals surface area contributed by atoms with Gasteiger partial charge in [0.15, 0.2) is 0 Å². The zero-order valence-corrected chi connectivity index (χ0v) is 11.2. The maximum Gasteiger partial charge on any atom is 0.236 e. The summed E-state index contributed by atoms with van der Waals surface area (Å²) in [6.07, 6.45) is 0. The number of rotatable bonds is 7. The molecule has 0 spiro atoms. The van der Waals surface area contributed by atoms with E-state index in [0.29, 0.717) is 17.8 Å². The first-order chi connectivity index (χ1) is 9.47. The number of primary amides is 2. The Kier molecular flexibility index (Phi) is 5.50. The molecule has 7 nitrogen and oxygen atoms in total. The van der Waals surface area contributed by atoms with E-state index in [1.54, 1.807) is 19.2 Å². The topological polar surface area (TPSA) is 125 Å². The Morgan fingerprint density at radius 3 is 2.35 bits per heavy atom. The molecule has 1 aromatic rings. The molecule has 0 aliphatic heterocycles. The van der Waals surface area contributed by atoms with Crippen LogP contribution >= 0.6 is 0 Å². The standard InChI is InChI=1S/C13H17N5O2/c1-17-6-9-2-3-11(10(4-9)5-14)18(7-12(15)19)8-13(16)20/h2-4,17H,6-8H2,1H3,(H2,15,19)(H2,16,20). The van der Waals surface area contributed by atoms with E-state index in [1.165, 1.54) is 4.90 Å². The first-order valence-corrected chi connectivity index (χ1v) is 5.97. The SMILES string of the molecule is CNCc1ccc(N(CC(N)=O)CC(N)=O)c(C#N)c1. The van der Waals surface area contributed by atoms with Crippen molar-refractivity contribution in [1.29, 1.82) is 5.26 Å². The lowest BCUT2D eigenvalue weighted by Crippen LogP contribution is -2.40. The molecular formula is C13H17N5O2. The minimum atomic E-state index is -0.602. The number of anilines is 1. The van der Waals surface area contributed by atoms with E-state index in [1.807, 2.05) is 12.1 Å². The number of benzene rings is 1. The summed E-state index contributed by atoms with van der Waals surface area (Å²) in [5.41, 5.74) is 12.0. The number of hydrogen-bond acceptors (Lipinski definition) is 5. The number of carbonyl (C=O) groups excluding carboxylic acids is 2. The van der Waals surface area contributed by atoms with Crippen molar-refractivity contribution in [2.24, 2.45) is 11.5 Å². The van der Waals surface area contributed by atoms with Crippen LogP contribution in [0.1, 0.15) is 11.1 Å². The van der Waals surface area contributed by atoms with Gasteiger partial charge in [0.05, 0.1) is 24.3 Å². The number of nitrogens with one attached hydrogen (secondary N) is 1. The van der Waals surface area contributed by atoms with Gasteiger partial charge < -0.3 is 21.7 Å². The van der Waals surface area contributed by atoms with E-state index in [0.717, 1.165) is 5.56 Å². The van der Waals surface area contributed by atoms with E-state index < -0.39 is 11.8 Å². The summed E-state index contributed by atoms with van der Waals surface area (Å²) in [6.45, 7) is 0.257. The van der Waals surface area contributed by atoms with Gasteiger partial charge in [-0.2, -0.15) is 5.26 Å². The van der Waals surface area contributed by atoms with E-state index in [9.17, 15) is 14.9 Å². The summed E-state index contributed by atoms with van der Waals surface area (Å²) in [4.78, 5) is 23.5. The van der Waals surface area contributed by atoms with Crippen LogP contribution in [0.5, 0.6) is 0 Å². The molecular weight excluding hydrogens is 258 g/mol. The van der Waals surface area contributed by atoms with Crippen LogP contribution in [0.2, 0.25) is 0 Å². The Morgan fingerprint density at radius 2 is 1.90 bits per heavy atom. The molecule has 0 bridgehead atoms. The lowest BCUT2D eigenvalue weighted by molar-refractivity contribution is -0.117. The van der Waals surface area contributed by atoms with Crippen LogP contribution in [0.15, 0.2) is 18.2 Å². The highest BCUT2D eigenvalue weighted by atomic mass is 16.2. The average Bonchev–Trinajstić information content (AvgIpc) is 2.37. The number of nitrogens with zero attached hydrogens (tertiary/aromatic N) is 2. The molecule has 20 heavy (non-hydrogen) atoms. The van der Waals surface area contributed by atoms with Crippen LogP contribution in [-0.2, 0) is 16.1 Å². The van der Waals surface area contributed by atoms with Gasteiger partial charge in [-0.15, -0.1) is 0 Å². The number of hydrogen-bond donors (Lipinski definition) is 3. The van der Waals surface area contributed by atoms with Gasteiger partial charge in [0, 0.05) is 6.54 Å². The highest BCUT2D eigenvalue weighted by Crippen LogP contribution is 2.21. The fraction of sp³-hybridized carbons (Fsp3) is 0.308. The second-order valence-electron chi connectivity index (χ2n) is 4.28. The van der Waals surface area contributed by atoms with Crippen molar-refractivity contribution in [2.45, 2.75) is 6.54 Å². The third-order valence-corrected chi connectivity index (χ3v) is 2.60. The van der Waals surface area contributed by atoms with Gasteiger partial charge in [-0.25, -0.2) is 0 Å². The number of amides is 2. The third-order valence-electron chi connectivity index (χ3n) is 2.60. The van der Waals surface area contributed by atoms with E-state index >= 15 is 0 Å². The Morgan fingerprint density at radius 1 is 1.30 bits per heavy atom. The summed E-state index contributed by atoms with van der Waals surface area (Å²) in [5.74, 6) is -1.20. The summed E-state index contributed by atoms with van der Waals surface area (Å²) >= 11 is 0. The van der Waals surface area contributed by atoms with Gasteiger partial charge in [-0.05, 0) is 24.7 Å². The molecule has 0 atom stereocenters. The first kappa shape index (κ1) is 15.5. The Hall–Kier alpha value is -2.59. The fourth-order valence-electron chi connectivity index (χ4n) is 1.87. The number of nitrogens with two attached hydrogens (primary N) is 2. The van der Waals surface area contributed by atoms with Crippen molar-refractivity contribution in [3.05, 3.63) is 29.3 Å². The smallest absolute Gasteiger partial charge is 0.236 e. The summed E-state index contributed by atoms with van der Waals surface area (Å²) < 4.78 is 0. The highest BCUT2D eigenvalue weighted by Gasteiger charge is 2.16. The quantitative estimate of drug-likeness (QED) is 0.592. The van der Waals surface area contributed by atoms with Gasteiger partial charge >= 0.3 is 0 Å². The molecule has 5 N–H and O–H groups in total. The zero-order valence-electron chi connectivity index (χ0n) is 11.2. The predicted octanol–water partition coefficient (Wildman–Crippen LogP) is -0.945. The Labute approximate surface area is 117 Å². The molecule has 0 unspecified atom stereocenters. The van der Waals surface area contributed by atoms with Gasteiger partial charge in [-0.1, -0.05) is 6.07 Å². The van der Waals surface area contributed by atoms with Gasteiger partial charge in [0.2, 0.25) is 11.8 Å². The normalized spacial score (nSPS) is 9.80. The maximum absolute atomic E-state index is 11.1. The Bertz CT molecular complexity index is 534. The molecule has 106 valence electrons. The summed E-state index contributed by atoms with van der Waals surface area (Å²) in [5, 5.41) is 12.2. The van der Waals surface area contributed by atoms with Crippen molar-refractivity contribution in [3.8, 4) is 6.07 Å². The van der Waals surface area contributed by atoms with Crippen molar-refractivity contribution in [1.82, 2.24) is 5.32 Å². The second kappa shape index (κ2) is 7.11. The molecule has 1 aromatic carbocycles. The molecule has 0 aliphatic carbocycles. The van der Waals surface area contributed by atoms with Crippen LogP contribution < -0.4 is 21.7 Å². The fourth-order valence-corrected chi connectivity index (χ4v) is 1.87. The van der Waals surface area contributed by atoms with E-state index in [4.69, 9.17) is 11.5 Å². The monoisotopic (exact) mass is 275 g/mol. The van der Waals surface area contributed by atoms with Crippen molar-refractivity contribution >= 4 is 17.5 Å². The molecule has 7 heteroatoms. The van der Waals surface area contributed by atoms with Crippen molar-refractivity contribution < 1.29 is 9.59 Å². The molecule has 0 heterocycles. The molecule has 0 aliphatic rings. The highest BCUT2D eigenvalue weighted by molar-refractivity contribution is 5.85. The van der Waals surface area contributed by atoms with Crippen molar-refractivity contribution in [3.63, 3.8) is 0 Å². The molecule has 0 radical (unpaired) electrons. The molecule has 1 rings (SSSR count). The predicted molar refractivity (Wildman–Crippen MR) is 74.5 cm³/mol. The molecule has 0 fully saturated rings. The number of nitriles is 1. The molecule has 0 saturated heterocycles. The molecule has 0 aromatic heterocycles. The number of carbonyl (C=O) groups is 2. The van der Waals surface area contributed by atoms with E-state index in [2.05, 4.69) is 5.32 Å². The van der Waals surface area contributed by atoms with Gasteiger partial charge in [-0.3, -0.25) is 9.59 Å². The zero-order chi connectivity index (χ0) is 15.1. The third kappa shape index (κ3) is 4.26. The summed E-state index contributed by atoms with van der Waals surface area (Å²) in [6, 6.07) is 7.23. The lowest BCUT2D eigenvalue weighted by Gasteiger charge is -2.23. The summed E-state index contributed by atoms with van der Waals surface area (Å²) in [7, 11) is 1.80. The second-order valence-corrected chi connectivity index (χ2v) is 4.28. The van der Waals surface area contributed by atoms with Gasteiger partial charge in [0.25, 0.3) is 0 Å². The van der Waals surface area contributed by atoms with Crippen LogP contribution in [0.25, 0.3) is 0 Å². The lowest BCUT2D eigenvalue weighted by atomic mass is 10.1. The van der Waals surface area contributed by atoms with Crippen LogP contribution in [0.4, 0.5) is 5.69 Å². The van der Waals surface area contributed by atoms with Crippen molar-refractivity contribution in [2.75, 3.05) is 25.0 Å². The Balaban J connectivity index is 3.14. The average molecular weight is 275 g/mol. The minimum absolute atomic E-state index is 0.178. The maximum atomic E-state index is 11.1. The minimum Gasteiger partial charge on any atom is -0.368 e. The van der Waals surface area contributed by atoms with Crippen LogP contribution in [-0.4, -0.2) is 32.0 Å². The molecule has 2 amide bonds. The van der Waals surface area contributed by atoms with E-state index in [-0.39, 0.29) is 13.1 Å². The first-order valence-electron chi connectivity index (χ1n) is 5.97. The molecule has 0 saturated carbocycles.